The van der Waals surface area contributed by atoms with Gasteiger partial charge in [-0.2, -0.15) is 0 Å². The molecule has 70 valence electrons. The Balaban J connectivity index is 3.63. The van der Waals surface area contributed by atoms with E-state index < -0.39 is 0 Å². The molecule has 1 atom stereocenters. The van der Waals surface area contributed by atoms with Gasteiger partial charge in [-0.1, -0.05) is 6.92 Å². The third-order valence-corrected chi connectivity index (χ3v) is 1.78. The summed E-state index contributed by atoms with van der Waals surface area (Å²) in [4.78, 5) is 21.8. The minimum Gasteiger partial charge on any atom is -0.359 e. The normalized spacial score (nSPS) is 11.9. The molecule has 0 spiro atoms. The maximum Gasteiger partial charge on any atom is 0.222 e. The molecule has 4 heteroatoms. The smallest absolute Gasteiger partial charge is 0.222 e. The molecule has 0 aromatic carbocycles. The fourth-order valence-electron chi connectivity index (χ4n) is 0.850. The van der Waals surface area contributed by atoms with E-state index in [4.69, 9.17) is 0 Å². The number of rotatable bonds is 4. The van der Waals surface area contributed by atoms with Gasteiger partial charge in [0, 0.05) is 26.4 Å². The van der Waals surface area contributed by atoms with E-state index >= 15 is 0 Å². The van der Waals surface area contributed by atoms with Crippen LogP contribution in [0.1, 0.15) is 19.8 Å². The van der Waals surface area contributed by atoms with Gasteiger partial charge >= 0.3 is 0 Å². The molecule has 0 aliphatic rings. The minimum atomic E-state index is -0.0905. The van der Waals surface area contributed by atoms with Crippen LogP contribution in [0.2, 0.25) is 0 Å². The summed E-state index contributed by atoms with van der Waals surface area (Å²) < 4.78 is 0. The van der Waals surface area contributed by atoms with Crippen LogP contribution in [0, 0.1) is 5.92 Å². The number of nitrogens with one attached hydrogen (secondary N) is 2. The lowest BCUT2D eigenvalue weighted by atomic mass is 10.0. The van der Waals surface area contributed by atoms with Gasteiger partial charge in [-0.05, 0) is 6.42 Å². The van der Waals surface area contributed by atoms with Crippen molar-refractivity contribution >= 4 is 11.8 Å². The van der Waals surface area contributed by atoms with Crippen LogP contribution < -0.4 is 10.6 Å². The Morgan fingerprint density at radius 3 is 2.25 bits per heavy atom. The standard InChI is InChI=1S/C8H16N2O2/c1-6(8(12)10-3)4-5-7(11)9-2/h6H,4-5H2,1-3H3,(H,9,11)(H,10,12)/t6-/m0/s1. The van der Waals surface area contributed by atoms with Gasteiger partial charge in [0.2, 0.25) is 11.8 Å². The van der Waals surface area contributed by atoms with E-state index in [2.05, 4.69) is 10.6 Å². The molecule has 0 aromatic heterocycles. The van der Waals surface area contributed by atoms with Crippen LogP contribution in [0.25, 0.3) is 0 Å². The lowest BCUT2D eigenvalue weighted by molar-refractivity contribution is -0.125. The topological polar surface area (TPSA) is 58.2 Å². The Bertz CT molecular complexity index is 168. The lowest BCUT2D eigenvalue weighted by Gasteiger charge is -2.08. The van der Waals surface area contributed by atoms with Crippen LogP contribution in [0.5, 0.6) is 0 Å². The van der Waals surface area contributed by atoms with Crippen LogP contribution in [0.3, 0.4) is 0 Å². The number of hydrogen-bond acceptors (Lipinski definition) is 2. The molecule has 0 rings (SSSR count). The first-order valence-electron chi connectivity index (χ1n) is 4.04. The molecule has 0 radical (unpaired) electrons. The summed E-state index contributed by atoms with van der Waals surface area (Å²) in [6, 6.07) is 0. The molecular formula is C8H16N2O2. The Morgan fingerprint density at radius 1 is 1.25 bits per heavy atom. The molecule has 0 heterocycles. The molecule has 0 saturated carbocycles. The van der Waals surface area contributed by atoms with Crippen molar-refractivity contribution in [2.24, 2.45) is 5.92 Å². The van der Waals surface area contributed by atoms with Crippen molar-refractivity contribution in [2.45, 2.75) is 19.8 Å². The summed E-state index contributed by atoms with van der Waals surface area (Å²) >= 11 is 0. The van der Waals surface area contributed by atoms with Gasteiger partial charge in [-0.25, -0.2) is 0 Å². The number of carbonyl (C=O) groups excluding carboxylic acids is 2. The zero-order valence-corrected chi connectivity index (χ0v) is 7.81. The molecule has 4 nitrogen and oxygen atoms in total. The fraction of sp³-hybridized carbons (Fsp3) is 0.750. The average molecular weight is 172 g/mol. The van der Waals surface area contributed by atoms with E-state index in [1.807, 2.05) is 6.92 Å². The quantitative estimate of drug-likeness (QED) is 0.622. The average Bonchev–Trinajstić information content (AvgIpc) is 2.11. The number of amides is 2. The van der Waals surface area contributed by atoms with Crippen molar-refractivity contribution in [3.8, 4) is 0 Å². The first-order valence-corrected chi connectivity index (χ1v) is 4.04. The predicted molar refractivity (Wildman–Crippen MR) is 46.5 cm³/mol. The summed E-state index contributed by atoms with van der Waals surface area (Å²) in [5.41, 5.74) is 0. The zero-order valence-electron chi connectivity index (χ0n) is 7.81. The first-order chi connectivity index (χ1) is 5.61. The molecule has 0 fully saturated rings. The van der Waals surface area contributed by atoms with Gasteiger partial charge in [-0.3, -0.25) is 9.59 Å². The molecular weight excluding hydrogens is 156 g/mol. The maximum atomic E-state index is 11.0. The first kappa shape index (κ1) is 10.9. The van der Waals surface area contributed by atoms with Gasteiger partial charge in [0.05, 0.1) is 0 Å². The van der Waals surface area contributed by atoms with Crippen LogP contribution >= 0.6 is 0 Å². The summed E-state index contributed by atoms with van der Waals surface area (Å²) in [6.07, 6.45) is 1.00. The van der Waals surface area contributed by atoms with Crippen molar-refractivity contribution in [1.82, 2.24) is 10.6 Å². The highest BCUT2D eigenvalue weighted by molar-refractivity contribution is 5.80. The van der Waals surface area contributed by atoms with Crippen LogP contribution in [-0.2, 0) is 9.59 Å². The van der Waals surface area contributed by atoms with Gasteiger partial charge in [0.1, 0.15) is 0 Å². The van der Waals surface area contributed by atoms with Gasteiger partial charge in [0.15, 0.2) is 0 Å². The predicted octanol–water partition coefficient (Wildman–Crippen LogP) is -0.105. The minimum absolute atomic E-state index is 0.0149. The molecule has 0 bridgehead atoms. The number of carbonyl (C=O) groups is 2. The van der Waals surface area contributed by atoms with Crippen LogP contribution in [0.4, 0.5) is 0 Å². The highest BCUT2D eigenvalue weighted by Crippen LogP contribution is 2.04. The van der Waals surface area contributed by atoms with E-state index in [1.54, 1.807) is 14.1 Å². The Morgan fingerprint density at radius 2 is 1.83 bits per heavy atom. The summed E-state index contributed by atoms with van der Waals surface area (Å²) in [6.45, 7) is 1.81. The summed E-state index contributed by atoms with van der Waals surface area (Å²) in [5.74, 6) is -0.128. The molecule has 2 N–H and O–H groups in total. The fourth-order valence-corrected chi connectivity index (χ4v) is 0.850. The lowest BCUT2D eigenvalue weighted by Crippen LogP contribution is -2.27. The van der Waals surface area contributed by atoms with Gasteiger partial charge in [0.25, 0.3) is 0 Å². The molecule has 0 unspecified atom stereocenters. The molecule has 12 heavy (non-hydrogen) atoms. The Hall–Kier alpha value is -1.06. The second-order valence-corrected chi connectivity index (χ2v) is 2.73. The van der Waals surface area contributed by atoms with E-state index in [1.165, 1.54) is 0 Å². The van der Waals surface area contributed by atoms with E-state index in [0.29, 0.717) is 12.8 Å². The second-order valence-electron chi connectivity index (χ2n) is 2.73. The largest absolute Gasteiger partial charge is 0.359 e. The van der Waals surface area contributed by atoms with Crippen molar-refractivity contribution in [1.29, 1.82) is 0 Å². The Kier molecular flexibility index (Phi) is 5.08. The molecule has 2 amide bonds. The third kappa shape index (κ3) is 3.95. The van der Waals surface area contributed by atoms with Crippen LogP contribution in [0.15, 0.2) is 0 Å². The van der Waals surface area contributed by atoms with E-state index in [-0.39, 0.29) is 17.7 Å². The Labute approximate surface area is 72.7 Å². The molecule has 0 aliphatic carbocycles. The second kappa shape index (κ2) is 5.57. The molecule has 0 aromatic rings. The van der Waals surface area contributed by atoms with Crippen molar-refractivity contribution in [2.75, 3.05) is 14.1 Å². The van der Waals surface area contributed by atoms with Crippen molar-refractivity contribution in [3.63, 3.8) is 0 Å². The zero-order chi connectivity index (χ0) is 9.56. The molecule has 0 saturated heterocycles. The maximum absolute atomic E-state index is 11.0. The summed E-state index contributed by atoms with van der Waals surface area (Å²) in [5, 5.41) is 5.04. The van der Waals surface area contributed by atoms with E-state index in [0.717, 1.165) is 0 Å². The van der Waals surface area contributed by atoms with Crippen molar-refractivity contribution < 1.29 is 9.59 Å². The van der Waals surface area contributed by atoms with E-state index in [9.17, 15) is 9.59 Å². The van der Waals surface area contributed by atoms with Gasteiger partial charge in [-0.15, -0.1) is 0 Å². The highest BCUT2D eigenvalue weighted by atomic mass is 16.2. The number of hydrogen-bond donors (Lipinski definition) is 2. The monoisotopic (exact) mass is 172 g/mol. The van der Waals surface area contributed by atoms with Crippen LogP contribution in [-0.4, -0.2) is 25.9 Å². The third-order valence-electron chi connectivity index (χ3n) is 1.78. The SMILES string of the molecule is CNC(=O)CC[C@H](C)C(=O)NC. The van der Waals surface area contributed by atoms with Gasteiger partial charge < -0.3 is 10.6 Å². The molecule has 0 aliphatic heterocycles. The highest BCUT2D eigenvalue weighted by Gasteiger charge is 2.11. The van der Waals surface area contributed by atoms with Crippen molar-refractivity contribution in [3.05, 3.63) is 0 Å². The summed E-state index contributed by atoms with van der Waals surface area (Å²) in [7, 11) is 3.19.